The molecule has 16 heavy (non-hydrogen) atoms. The van der Waals surface area contributed by atoms with Crippen molar-refractivity contribution in [2.45, 2.75) is 37.6 Å². The zero-order chi connectivity index (χ0) is 11.0. The van der Waals surface area contributed by atoms with E-state index in [9.17, 15) is 0 Å². The highest BCUT2D eigenvalue weighted by molar-refractivity contribution is 5.41. The summed E-state index contributed by atoms with van der Waals surface area (Å²) < 4.78 is 5.34. The van der Waals surface area contributed by atoms with Crippen LogP contribution in [0.25, 0.3) is 0 Å². The van der Waals surface area contributed by atoms with Crippen LogP contribution in [0.4, 0.5) is 0 Å². The van der Waals surface area contributed by atoms with Gasteiger partial charge in [0, 0.05) is 6.04 Å². The van der Waals surface area contributed by atoms with Crippen molar-refractivity contribution in [3.05, 3.63) is 29.3 Å². The molecule has 0 saturated carbocycles. The van der Waals surface area contributed by atoms with E-state index in [0.717, 1.165) is 5.75 Å². The molecule has 1 aromatic rings. The van der Waals surface area contributed by atoms with Gasteiger partial charge in [0.15, 0.2) is 0 Å². The Bertz CT molecular complexity index is 388. The Hall–Kier alpha value is -1.02. The Kier molecular flexibility index (Phi) is 2.60. The molecule has 0 spiro atoms. The summed E-state index contributed by atoms with van der Waals surface area (Å²) in [5, 5.41) is 3.66. The number of hydrogen-bond donors (Lipinski definition) is 1. The van der Waals surface area contributed by atoms with Crippen molar-refractivity contribution in [3.63, 3.8) is 0 Å². The second-order valence-corrected chi connectivity index (χ2v) is 4.91. The van der Waals surface area contributed by atoms with Gasteiger partial charge < -0.3 is 10.1 Å². The first-order valence-corrected chi connectivity index (χ1v) is 6.28. The van der Waals surface area contributed by atoms with Gasteiger partial charge in [-0.2, -0.15) is 0 Å². The van der Waals surface area contributed by atoms with E-state index in [4.69, 9.17) is 4.74 Å². The molecule has 2 atom stereocenters. The number of aryl methyl sites for hydroxylation is 1. The summed E-state index contributed by atoms with van der Waals surface area (Å²) in [6.07, 6.45) is 5.15. The molecule has 1 fully saturated rings. The van der Waals surface area contributed by atoms with Gasteiger partial charge in [0.05, 0.1) is 7.11 Å². The van der Waals surface area contributed by atoms with Crippen LogP contribution in [0.15, 0.2) is 18.2 Å². The highest BCUT2D eigenvalue weighted by Gasteiger charge is 2.31. The molecule has 0 radical (unpaired) electrons. The molecule has 1 heterocycles. The van der Waals surface area contributed by atoms with Gasteiger partial charge >= 0.3 is 0 Å². The number of ether oxygens (including phenoxy) is 1. The number of fused-ring (bicyclic) bond motifs is 3. The quantitative estimate of drug-likeness (QED) is 0.780. The van der Waals surface area contributed by atoms with E-state index in [0.29, 0.717) is 12.0 Å². The molecular formula is C14H19NO. The molecule has 1 saturated heterocycles. The normalized spacial score (nSPS) is 28.1. The lowest BCUT2D eigenvalue weighted by Gasteiger charge is -2.38. The first-order valence-electron chi connectivity index (χ1n) is 6.28. The molecule has 2 heteroatoms. The van der Waals surface area contributed by atoms with Crippen LogP contribution in [0.1, 0.15) is 36.3 Å². The Morgan fingerprint density at radius 1 is 1.31 bits per heavy atom. The van der Waals surface area contributed by atoms with E-state index < -0.39 is 0 Å². The molecular weight excluding hydrogens is 198 g/mol. The summed E-state index contributed by atoms with van der Waals surface area (Å²) in [4.78, 5) is 0. The fourth-order valence-electron chi connectivity index (χ4n) is 3.21. The lowest BCUT2D eigenvalue weighted by atomic mass is 9.75. The molecule has 0 bridgehead atoms. The standard InChI is InChI=1S/C14H19NO/c1-16-11-6-4-10-5-7-14-12(13(10)9-11)3-2-8-15-14/h4,6,9,12,14-15H,2-3,5,7-8H2,1H3/t12-,14+/m1/s1. The molecule has 1 aromatic carbocycles. The lowest BCUT2D eigenvalue weighted by Crippen LogP contribution is -2.42. The predicted octanol–water partition coefficient (Wildman–Crippen LogP) is 2.48. The van der Waals surface area contributed by atoms with Crippen molar-refractivity contribution in [1.29, 1.82) is 0 Å². The molecule has 0 unspecified atom stereocenters. The summed E-state index contributed by atoms with van der Waals surface area (Å²) in [5.41, 5.74) is 3.06. The minimum Gasteiger partial charge on any atom is -0.497 e. The molecule has 2 aliphatic rings. The largest absolute Gasteiger partial charge is 0.497 e. The number of piperidine rings is 1. The number of nitrogens with one attached hydrogen (secondary N) is 1. The van der Waals surface area contributed by atoms with Crippen LogP contribution in [0.3, 0.4) is 0 Å². The van der Waals surface area contributed by atoms with Crippen LogP contribution in [0.2, 0.25) is 0 Å². The second-order valence-electron chi connectivity index (χ2n) is 4.91. The van der Waals surface area contributed by atoms with Crippen molar-refractivity contribution in [1.82, 2.24) is 5.32 Å². The smallest absolute Gasteiger partial charge is 0.119 e. The fraction of sp³-hybridized carbons (Fsp3) is 0.571. The molecule has 0 aromatic heterocycles. The average Bonchev–Trinajstić information content (AvgIpc) is 2.38. The number of hydrogen-bond acceptors (Lipinski definition) is 2. The molecule has 2 nitrogen and oxygen atoms in total. The first kappa shape index (κ1) is 10.2. The van der Waals surface area contributed by atoms with Gasteiger partial charge in [-0.3, -0.25) is 0 Å². The number of benzene rings is 1. The van der Waals surface area contributed by atoms with Gasteiger partial charge in [-0.25, -0.2) is 0 Å². The molecule has 86 valence electrons. The van der Waals surface area contributed by atoms with Gasteiger partial charge in [-0.15, -0.1) is 0 Å². The van der Waals surface area contributed by atoms with Crippen LogP contribution in [-0.4, -0.2) is 19.7 Å². The highest BCUT2D eigenvalue weighted by atomic mass is 16.5. The number of methoxy groups -OCH3 is 1. The maximum absolute atomic E-state index is 5.34. The van der Waals surface area contributed by atoms with E-state index >= 15 is 0 Å². The van der Waals surface area contributed by atoms with E-state index in [1.807, 2.05) is 0 Å². The molecule has 1 aliphatic carbocycles. The van der Waals surface area contributed by atoms with Gasteiger partial charge in [0.1, 0.15) is 5.75 Å². The summed E-state index contributed by atoms with van der Waals surface area (Å²) in [5.74, 6) is 1.72. The van der Waals surface area contributed by atoms with Crippen molar-refractivity contribution in [2.75, 3.05) is 13.7 Å². The van der Waals surface area contributed by atoms with Gasteiger partial charge in [-0.1, -0.05) is 6.07 Å². The highest BCUT2D eigenvalue weighted by Crippen LogP contribution is 2.38. The summed E-state index contributed by atoms with van der Waals surface area (Å²) in [7, 11) is 1.75. The third-order valence-electron chi connectivity index (χ3n) is 4.06. The first-order chi connectivity index (χ1) is 7.88. The van der Waals surface area contributed by atoms with Crippen molar-refractivity contribution < 1.29 is 4.74 Å². The summed E-state index contributed by atoms with van der Waals surface area (Å²) >= 11 is 0. The van der Waals surface area contributed by atoms with Crippen molar-refractivity contribution in [3.8, 4) is 5.75 Å². The topological polar surface area (TPSA) is 21.3 Å². The summed E-state index contributed by atoms with van der Waals surface area (Å²) in [6, 6.07) is 7.29. The Morgan fingerprint density at radius 3 is 3.12 bits per heavy atom. The molecule has 1 aliphatic heterocycles. The Balaban J connectivity index is 1.98. The average molecular weight is 217 g/mol. The maximum atomic E-state index is 5.34. The Morgan fingerprint density at radius 2 is 2.25 bits per heavy atom. The third kappa shape index (κ3) is 1.61. The van der Waals surface area contributed by atoms with E-state index in [1.165, 1.54) is 43.4 Å². The third-order valence-corrected chi connectivity index (χ3v) is 4.06. The molecule has 0 amide bonds. The van der Waals surface area contributed by atoms with Gasteiger partial charge in [0.2, 0.25) is 0 Å². The van der Waals surface area contributed by atoms with Crippen molar-refractivity contribution >= 4 is 0 Å². The second kappa shape index (κ2) is 4.10. The molecule has 3 rings (SSSR count). The fourth-order valence-corrected chi connectivity index (χ4v) is 3.21. The zero-order valence-corrected chi connectivity index (χ0v) is 9.83. The number of rotatable bonds is 1. The van der Waals surface area contributed by atoms with Crippen LogP contribution >= 0.6 is 0 Å². The van der Waals surface area contributed by atoms with Crippen LogP contribution in [0, 0.1) is 0 Å². The van der Waals surface area contributed by atoms with Gasteiger partial charge in [-0.05, 0) is 61.4 Å². The lowest BCUT2D eigenvalue weighted by molar-refractivity contribution is 0.318. The minimum absolute atomic E-state index is 0.702. The zero-order valence-electron chi connectivity index (χ0n) is 9.83. The van der Waals surface area contributed by atoms with Crippen LogP contribution < -0.4 is 10.1 Å². The van der Waals surface area contributed by atoms with Gasteiger partial charge in [0.25, 0.3) is 0 Å². The van der Waals surface area contributed by atoms with Crippen LogP contribution in [-0.2, 0) is 6.42 Å². The maximum Gasteiger partial charge on any atom is 0.119 e. The van der Waals surface area contributed by atoms with E-state index in [1.54, 1.807) is 7.11 Å². The van der Waals surface area contributed by atoms with Crippen molar-refractivity contribution in [2.24, 2.45) is 0 Å². The minimum atomic E-state index is 0.702. The predicted molar refractivity (Wildman–Crippen MR) is 65.1 cm³/mol. The van der Waals surface area contributed by atoms with E-state index in [-0.39, 0.29) is 0 Å². The summed E-state index contributed by atoms with van der Waals surface area (Å²) in [6.45, 7) is 1.19. The SMILES string of the molecule is COc1ccc2c(c1)[C@H]1CCCN[C@H]1CC2. The van der Waals surface area contributed by atoms with E-state index in [2.05, 4.69) is 23.5 Å². The van der Waals surface area contributed by atoms with Crippen LogP contribution in [0.5, 0.6) is 5.75 Å². The molecule has 1 N–H and O–H groups in total. The monoisotopic (exact) mass is 217 g/mol. The Labute approximate surface area is 97.0 Å².